The first-order valence-electron chi connectivity index (χ1n) is 8.26. The molecule has 2 aromatic heterocycles. The maximum atomic E-state index is 12.2. The van der Waals surface area contributed by atoms with E-state index in [9.17, 15) is 22.8 Å². The van der Waals surface area contributed by atoms with Crippen LogP contribution in [0.15, 0.2) is 30.6 Å². The summed E-state index contributed by atoms with van der Waals surface area (Å²) in [6.45, 7) is 0.403. The number of carbonyl (C=O) groups is 2. The highest BCUT2D eigenvalue weighted by Crippen LogP contribution is 2.25. The van der Waals surface area contributed by atoms with Crippen molar-refractivity contribution >= 4 is 23.3 Å². The Morgan fingerprint density at radius 1 is 1.25 bits per heavy atom. The monoisotopic (exact) mass is 415 g/mol. The predicted octanol–water partition coefficient (Wildman–Crippen LogP) is 3.52. The van der Waals surface area contributed by atoms with E-state index in [1.54, 1.807) is 25.3 Å². The number of aromatic nitrogens is 2. The van der Waals surface area contributed by atoms with Gasteiger partial charge in [0.05, 0.1) is 5.56 Å². The molecular formula is C18H17ClF3N3O3. The van der Waals surface area contributed by atoms with Gasteiger partial charge in [0, 0.05) is 37.5 Å². The molecule has 0 aliphatic heterocycles. The van der Waals surface area contributed by atoms with Crippen LogP contribution in [0.5, 0.6) is 5.88 Å². The van der Waals surface area contributed by atoms with Crippen LogP contribution < -0.4 is 10.1 Å². The molecule has 0 radical (unpaired) electrons. The minimum atomic E-state index is -4.52. The maximum Gasteiger partial charge on any atom is 0.422 e. The van der Waals surface area contributed by atoms with E-state index < -0.39 is 24.6 Å². The number of ketones is 1. The molecule has 2 aromatic rings. The zero-order valence-corrected chi connectivity index (χ0v) is 15.6. The first kappa shape index (κ1) is 21.6. The van der Waals surface area contributed by atoms with Crippen LogP contribution in [0.25, 0.3) is 0 Å². The van der Waals surface area contributed by atoms with E-state index in [1.165, 1.54) is 6.07 Å². The van der Waals surface area contributed by atoms with E-state index >= 15 is 0 Å². The number of alkyl halides is 3. The number of ether oxygens (including phenoxy) is 1. The predicted molar refractivity (Wildman–Crippen MR) is 95.2 cm³/mol. The van der Waals surface area contributed by atoms with E-state index in [4.69, 9.17) is 11.6 Å². The molecule has 2 heterocycles. The van der Waals surface area contributed by atoms with Gasteiger partial charge in [-0.25, -0.2) is 4.98 Å². The molecule has 0 unspecified atom stereocenters. The molecule has 0 aromatic carbocycles. The summed E-state index contributed by atoms with van der Waals surface area (Å²) in [5.41, 5.74) is 1.42. The first-order chi connectivity index (χ1) is 13.2. The van der Waals surface area contributed by atoms with Gasteiger partial charge in [-0.05, 0) is 23.8 Å². The molecule has 0 saturated carbocycles. The van der Waals surface area contributed by atoms with Crippen LogP contribution in [-0.4, -0.2) is 34.4 Å². The molecule has 0 spiro atoms. The largest absolute Gasteiger partial charge is 0.467 e. The molecular weight excluding hydrogens is 399 g/mol. The van der Waals surface area contributed by atoms with Gasteiger partial charge in [-0.3, -0.25) is 14.6 Å². The van der Waals surface area contributed by atoms with Crippen LogP contribution in [0.1, 0.15) is 35.0 Å². The molecule has 1 N–H and O–H groups in total. The Labute approximate surface area is 164 Å². The molecule has 0 aliphatic rings. The normalized spacial score (nSPS) is 11.2. The standard InChI is InChI=1S/C18H17ClF3N3O3/c1-2-14(26)7-13-5-11(3-4-23-13)8-24-16(27)12-6-15(19)17(25-9-12)28-10-18(20,21)22/h3-6,9H,2,7-8,10H2,1H3,(H,24,27). The average Bonchev–Trinajstić information content (AvgIpc) is 2.64. The Morgan fingerprint density at radius 3 is 2.64 bits per heavy atom. The van der Waals surface area contributed by atoms with Crippen LogP contribution in [-0.2, 0) is 17.8 Å². The van der Waals surface area contributed by atoms with Crippen molar-refractivity contribution < 1.29 is 27.5 Å². The quantitative estimate of drug-likeness (QED) is 0.713. The molecule has 2 rings (SSSR count). The van der Waals surface area contributed by atoms with Crippen molar-refractivity contribution in [2.24, 2.45) is 0 Å². The molecule has 28 heavy (non-hydrogen) atoms. The summed E-state index contributed by atoms with van der Waals surface area (Å²) in [5, 5.41) is 2.43. The Balaban J connectivity index is 1.97. The number of nitrogens with zero attached hydrogens (tertiary/aromatic N) is 2. The average molecular weight is 416 g/mol. The zero-order valence-electron chi connectivity index (χ0n) is 14.8. The number of carbonyl (C=O) groups excluding carboxylic acids is 2. The van der Waals surface area contributed by atoms with E-state index in [2.05, 4.69) is 20.0 Å². The Bertz CT molecular complexity index is 859. The highest BCUT2D eigenvalue weighted by atomic mass is 35.5. The van der Waals surface area contributed by atoms with Gasteiger partial charge in [0.1, 0.15) is 10.8 Å². The van der Waals surface area contributed by atoms with Crippen LogP contribution in [0, 0.1) is 0 Å². The van der Waals surface area contributed by atoms with E-state index in [0.717, 1.165) is 11.8 Å². The third kappa shape index (κ3) is 6.80. The summed E-state index contributed by atoms with van der Waals surface area (Å²) in [7, 11) is 0. The lowest BCUT2D eigenvalue weighted by molar-refractivity contribution is -0.154. The third-order valence-electron chi connectivity index (χ3n) is 3.55. The van der Waals surface area contributed by atoms with Gasteiger partial charge < -0.3 is 10.1 Å². The topological polar surface area (TPSA) is 81.2 Å². The maximum absolute atomic E-state index is 12.2. The fraction of sp³-hybridized carbons (Fsp3) is 0.333. The number of Topliss-reactive ketones (excluding diaryl/α,β-unsaturated/α-hetero) is 1. The second kappa shape index (κ2) is 9.50. The summed E-state index contributed by atoms with van der Waals surface area (Å²) in [6.07, 6.45) is -1.27. The van der Waals surface area contributed by atoms with E-state index in [1.807, 2.05) is 0 Å². The minimum absolute atomic E-state index is 0.0576. The van der Waals surface area contributed by atoms with Gasteiger partial charge in [0.25, 0.3) is 5.91 Å². The van der Waals surface area contributed by atoms with Crippen molar-refractivity contribution in [2.75, 3.05) is 6.61 Å². The molecule has 10 heteroatoms. The van der Waals surface area contributed by atoms with E-state index in [-0.39, 0.29) is 29.3 Å². The number of hydrogen-bond donors (Lipinski definition) is 1. The second-order valence-corrected chi connectivity index (χ2v) is 6.23. The molecule has 150 valence electrons. The van der Waals surface area contributed by atoms with Crippen molar-refractivity contribution in [3.63, 3.8) is 0 Å². The lowest BCUT2D eigenvalue weighted by Crippen LogP contribution is -2.23. The SMILES string of the molecule is CCC(=O)Cc1cc(CNC(=O)c2cnc(OCC(F)(F)F)c(Cl)c2)ccn1. The number of nitrogens with one attached hydrogen (secondary N) is 1. The van der Waals surface area contributed by atoms with Gasteiger partial charge >= 0.3 is 6.18 Å². The second-order valence-electron chi connectivity index (χ2n) is 5.82. The summed E-state index contributed by atoms with van der Waals surface area (Å²) in [5.74, 6) is -0.864. The third-order valence-corrected chi connectivity index (χ3v) is 3.82. The highest BCUT2D eigenvalue weighted by molar-refractivity contribution is 6.32. The lowest BCUT2D eigenvalue weighted by Gasteiger charge is -2.11. The van der Waals surface area contributed by atoms with Crippen molar-refractivity contribution in [1.29, 1.82) is 0 Å². The first-order valence-corrected chi connectivity index (χ1v) is 8.64. The highest BCUT2D eigenvalue weighted by Gasteiger charge is 2.29. The van der Waals surface area contributed by atoms with Gasteiger partial charge in [-0.15, -0.1) is 0 Å². The van der Waals surface area contributed by atoms with Crippen molar-refractivity contribution in [2.45, 2.75) is 32.5 Å². The van der Waals surface area contributed by atoms with Gasteiger partial charge in [-0.2, -0.15) is 13.2 Å². The Hall–Kier alpha value is -2.68. The summed E-state index contributed by atoms with van der Waals surface area (Å²) >= 11 is 5.83. The van der Waals surface area contributed by atoms with Crippen molar-refractivity contribution in [3.05, 3.63) is 52.4 Å². The molecule has 1 amide bonds. The molecule has 0 atom stereocenters. The Kier molecular flexibility index (Phi) is 7.33. The summed E-state index contributed by atoms with van der Waals surface area (Å²) in [6, 6.07) is 4.58. The zero-order chi connectivity index (χ0) is 20.7. The van der Waals surface area contributed by atoms with Gasteiger partial charge in [0.2, 0.25) is 5.88 Å². The minimum Gasteiger partial charge on any atom is -0.467 e. The van der Waals surface area contributed by atoms with Crippen LogP contribution >= 0.6 is 11.6 Å². The summed E-state index contributed by atoms with van der Waals surface area (Å²) < 4.78 is 41.0. The number of pyridine rings is 2. The fourth-order valence-corrected chi connectivity index (χ4v) is 2.37. The van der Waals surface area contributed by atoms with Gasteiger partial charge in [0.15, 0.2) is 6.61 Å². The fourth-order valence-electron chi connectivity index (χ4n) is 2.15. The summed E-state index contributed by atoms with van der Waals surface area (Å²) in [4.78, 5) is 31.5. The molecule has 6 nitrogen and oxygen atoms in total. The van der Waals surface area contributed by atoms with Crippen LogP contribution in [0.4, 0.5) is 13.2 Å². The number of amides is 1. The Morgan fingerprint density at radius 2 is 2.00 bits per heavy atom. The molecule has 0 saturated heterocycles. The lowest BCUT2D eigenvalue weighted by atomic mass is 10.1. The smallest absolute Gasteiger partial charge is 0.422 e. The van der Waals surface area contributed by atoms with Crippen molar-refractivity contribution in [1.82, 2.24) is 15.3 Å². The molecule has 0 fully saturated rings. The van der Waals surface area contributed by atoms with Crippen LogP contribution in [0.2, 0.25) is 5.02 Å². The number of rotatable bonds is 8. The molecule has 0 aliphatic carbocycles. The van der Waals surface area contributed by atoms with Crippen molar-refractivity contribution in [3.8, 4) is 5.88 Å². The van der Waals surface area contributed by atoms with E-state index in [0.29, 0.717) is 12.1 Å². The number of hydrogen-bond acceptors (Lipinski definition) is 5. The van der Waals surface area contributed by atoms with Crippen LogP contribution in [0.3, 0.4) is 0 Å². The molecule has 0 bridgehead atoms. The number of halogens is 4. The van der Waals surface area contributed by atoms with Gasteiger partial charge in [-0.1, -0.05) is 18.5 Å².